The van der Waals surface area contributed by atoms with Crippen LogP contribution in [0.1, 0.15) is 12.8 Å². The number of aromatic nitrogens is 2. The zero-order chi connectivity index (χ0) is 13.8. The van der Waals surface area contributed by atoms with Crippen LogP contribution in [0.3, 0.4) is 0 Å². The van der Waals surface area contributed by atoms with Gasteiger partial charge in [0.2, 0.25) is 5.91 Å². The lowest BCUT2D eigenvalue weighted by atomic mass is 10.2. The van der Waals surface area contributed by atoms with Crippen LogP contribution < -0.4 is 10.6 Å². The number of anilines is 1. The van der Waals surface area contributed by atoms with Gasteiger partial charge in [-0.25, -0.2) is 9.97 Å². The van der Waals surface area contributed by atoms with E-state index >= 15 is 0 Å². The molecule has 1 aliphatic heterocycles. The largest absolute Gasteiger partial charge is 0.322 e. The van der Waals surface area contributed by atoms with Gasteiger partial charge in [-0.3, -0.25) is 4.79 Å². The minimum Gasteiger partial charge on any atom is -0.322 e. The van der Waals surface area contributed by atoms with Crippen LogP contribution in [-0.4, -0.2) is 28.5 Å². The minimum absolute atomic E-state index is 0.0152. The van der Waals surface area contributed by atoms with Gasteiger partial charge in [0.25, 0.3) is 0 Å². The topological polar surface area (TPSA) is 66.9 Å². The van der Waals surface area contributed by atoms with E-state index < -0.39 is 0 Å². The Labute approximate surface area is 117 Å². The highest BCUT2D eigenvalue weighted by molar-refractivity contribution is 5.94. The highest BCUT2D eigenvalue weighted by Gasteiger charge is 2.21. The number of nitrogens with one attached hydrogen (secondary N) is 2. The number of rotatable bonds is 3. The van der Waals surface area contributed by atoms with Crippen molar-refractivity contribution in [2.24, 2.45) is 0 Å². The van der Waals surface area contributed by atoms with Crippen molar-refractivity contribution < 1.29 is 4.79 Å². The van der Waals surface area contributed by atoms with Gasteiger partial charge in [-0.15, -0.1) is 0 Å². The van der Waals surface area contributed by atoms with E-state index in [1.54, 1.807) is 12.4 Å². The van der Waals surface area contributed by atoms with Crippen molar-refractivity contribution in [3.05, 3.63) is 42.7 Å². The van der Waals surface area contributed by atoms with Crippen molar-refractivity contribution in [2.45, 2.75) is 18.9 Å². The van der Waals surface area contributed by atoms with E-state index in [-0.39, 0.29) is 11.9 Å². The molecule has 0 aliphatic carbocycles. The monoisotopic (exact) mass is 268 g/mol. The molecule has 5 heteroatoms. The molecule has 1 aromatic carbocycles. The molecule has 1 fully saturated rings. The quantitative estimate of drug-likeness (QED) is 0.891. The molecule has 0 radical (unpaired) electrons. The predicted molar refractivity (Wildman–Crippen MR) is 77.1 cm³/mol. The third kappa shape index (κ3) is 2.83. The second-order valence-corrected chi connectivity index (χ2v) is 4.80. The normalized spacial score (nSPS) is 17.9. The molecule has 1 atom stereocenters. The fraction of sp³-hybridized carbons (Fsp3) is 0.267. The first-order valence-electron chi connectivity index (χ1n) is 6.74. The van der Waals surface area contributed by atoms with Crippen LogP contribution in [0.4, 0.5) is 5.69 Å². The van der Waals surface area contributed by atoms with Gasteiger partial charge in [0.1, 0.15) is 0 Å². The Balaban J connectivity index is 1.68. The molecule has 1 aliphatic rings. The number of amides is 1. The lowest BCUT2D eigenvalue weighted by Crippen LogP contribution is -2.35. The predicted octanol–water partition coefficient (Wildman–Crippen LogP) is 1.83. The Bertz CT molecular complexity index is 577. The van der Waals surface area contributed by atoms with Crippen molar-refractivity contribution in [3.63, 3.8) is 0 Å². The average molecular weight is 268 g/mol. The van der Waals surface area contributed by atoms with Crippen LogP contribution in [0.2, 0.25) is 0 Å². The van der Waals surface area contributed by atoms with E-state index in [4.69, 9.17) is 0 Å². The molecule has 5 nitrogen and oxygen atoms in total. The van der Waals surface area contributed by atoms with Crippen molar-refractivity contribution in [1.82, 2.24) is 15.3 Å². The first kappa shape index (κ1) is 12.7. The molecule has 20 heavy (non-hydrogen) atoms. The van der Waals surface area contributed by atoms with Crippen LogP contribution in [0, 0.1) is 0 Å². The maximum absolute atomic E-state index is 11.9. The summed E-state index contributed by atoms with van der Waals surface area (Å²) in [6, 6.07) is 9.66. The van der Waals surface area contributed by atoms with E-state index in [0.29, 0.717) is 11.5 Å². The third-order valence-corrected chi connectivity index (χ3v) is 3.33. The summed E-state index contributed by atoms with van der Waals surface area (Å²) in [4.78, 5) is 20.5. The summed E-state index contributed by atoms with van der Waals surface area (Å²) in [5.74, 6) is 0.640. The first-order valence-corrected chi connectivity index (χ1v) is 6.74. The van der Waals surface area contributed by atoms with E-state index in [2.05, 4.69) is 20.6 Å². The lowest BCUT2D eigenvalue weighted by molar-refractivity contribution is -0.117. The summed E-state index contributed by atoms with van der Waals surface area (Å²) in [5, 5.41) is 6.00. The molecule has 3 rings (SSSR count). The Hall–Kier alpha value is -2.27. The van der Waals surface area contributed by atoms with Crippen molar-refractivity contribution in [1.29, 1.82) is 0 Å². The molecule has 2 N–H and O–H groups in total. The fourth-order valence-electron chi connectivity index (χ4n) is 2.27. The van der Waals surface area contributed by atoms with Gasteiger partial charge in [0.15, 0.2) is 5.82 Å². The number of nitrogens with zero attached hydrogens (tertiary/aromatic N) is 2. The van der Waals surface area contributed by atoms with Crippen LogP contribution in [0.25, 0.3) is 11.4 Å². The number of carbonyl (C=O) groups is 1. The molecule has 1 saturated heterocycles. The molecular formula is C15H16N4O. The van der Waals surface area contributed by atoms with Crippen molar-refractivity contribution >= 4 is 11.6 Å². The van der Waals surface area contributed by atoms with E-state index in [9.17, 15) is 4.79 Å². The van der Waals surface area contributed by atoms with E-state index in [0.717, 1.165) is 24.9 Å². The summed E-state index contributed by atoms with van der Waals surface area (Å²) in [6.45, 7) is 0.904. The van der Waals surface area contributed by atoms with E-state index in [1.807, 2.05) is 30.3 Å². The smallest absolute Gasteiger partial charge is 0.241 e. The van der Waals surface area contributed by atoms with Crippen LogP contribution in [0.15, 0.2) is 42.7 Å². The lowest BCUT2D eigenvalue weighted by Gasteiger charge is -2.10. The molecule has 2 aromatic rings. The first-order chi connectivity index (χ1) is 9.83. The molecule has 1 amide bonds. The van der Waals surface area contributed by atoms with E-state index in [1.165, 1.54) is 0 Å². The summed E-state index contributed by atoms with van der Waals surface area (Å²) in [7, 11) is 0. The summed E-state index contributed by atoms with van der Waals surface area (Å²) < 4.78 is 0. The number of hydrogen-bond acceptors (Lipinski definition) is 4. The second-order valence-electron chi connectivity index (χ2n) is 4.80. The average Bonchev–Trinajstić information content (AvgIpc) is 3.03. The van der Waals surface area contributed by atoms with Crippen LogP contribution in [0.5, 0.6) is 0 Å². The molecule has 102 valence electrons. The maximum atomic E-state index is 11.9. The zero-order valence-electron chi connectivity index (χ0n) is 11.0. The minimum atomic E-state index is -0.0937. The van der Waals surface area contributed by atoms with Gasteiger partial charge in [-0.05, 0) is 19.4 Å². The highest BCUT2D eigenvalue weighted by Crippen LogP contribution is 2.15. The molecule has 0 spiro atoms. The Morgan fingerprint density at radius 3 is 2.60 bits per heavy atom. The molecule has 0 saturated carbocycles. The molecule has 2 heterocycles. The number of carbonyl (C=O) groups excluding carboxylic acids is 1. The van der Waals surface area contributed by atoms with Crippen molar-refractivity contribution in [2.75, 3.05) is 11.9 Å². The second kappa shape index (κ2) is 5.79. The molecule has 1 unspecified atom stereocenters. The van der Waals surface area contributed by atoms with Gasteiger partial charge >= 0.3 is 0 Å². The Morgan fingerprint density at radius 1 is 1.20 bits per heavy atom. The third-order valence-electron chi connectivity index (χ3n) is 3.33. The molecule has 1 aromatic heterocycles. The Kier molecular flexibility index (Phi) is 3.69. The SMILES string of the molecule is O=C(Nc1cnc(-c2ccccc2)nc1)C1CCCN1. The summed E-state index contributed by atoms with van der Waals surface area (Å²) in [5.41, 5.74) is 1.59. The van der Waals surface area contributed by atoms with Gasteiger partial charge in [0, 0.05) is 5.56 Å². The highest BCUT2D eigenvalue weighted by atomic mass is 16.2. The van der Waals surface area contributed by atoms with Gasteiger partial charge in [-0.2, -0.15) is 0 Å². The number of hydrogen-bond donors (Lipinski definition) is 2. The Morgan fingerprint density at radius 2 is 1.95 bits per heavy atom. The zero-order valence-corrected chi connectivity index (χ0v) is 11.0. The standard InChI is InChI=1S/C15H16N4O/c20-15(13-7-4-8-16-13)19-12-9-17-14(18-10-12)11-5-2-1-3-6-11/h1-3,5-6,9-10,13,16H,4,7-8H2,(H,19,20). The molecular weight excluding hydrogens is 252 g/mol. The number of benzene rings is 1. The summed E-state index contributed by atoms with van der Waals surface area (Å²) in [6.07, 6.45) is 5.21. The maximum Gasteiger partial charge on any atom is 0.241 e. The van der Waals surface area contributed by atoms with Gasteiger partial charge < -0.3 is 10.6 Å². The molecule has 0 bridgehead atoms. The fourth-order valence-corrected chi connectivity index (χ4v) is 2.27. The van der Waals surface area contributed by atoms with Gasteiger partial charge in [-0.1, -0.05) is 30.3 Å². The van der Waals surface area contributed by atoms with Crippen LogP contribution in [-0.2, 0) is 4.79 Å². The van der Waals surface area contributed by atoms with Crippen LogP contribution >= 0.6 is 0 Å². The van der Waals surface area contributed by atoms with Crippen molar-refractivity contribution in [3.8, 4) is 11.4 Å². The van der Waals surface area contributed by atoms with Gasteiger partial charge in [0.05, 0.1) is 24.1 Å². The summed E-state index contributed by atoms with van der Waals surface area (Å²) >= 11 is 0.